The van der Waals surface area contributed by atoms with Crippen LogP contribution in [0.2, 0.25) is 0 Å². The normalized spacial score (nSPS) is 10.9. The fraction of sp³-hybridized carbons (Fsp3) is 0.222. The number of aliphatic carboxylic acids is 1. The van der Waals surface area contributed by atoms with Crippen molar-refractivity contribution in [2.75, 3.05) is 6.61 Å². The lowest BCUT2D eigenvalue weighted by Gasteiger charge is -2.10. The van der Waals surface area contributed by atoms with Gasteiger partial charge in [0.1, 0.15) is 0 Å². The quantitative estimate of drug-likeness (QED) is 0.657. The van der Waals surface area contributed by atoms with E-state index < -0.39 is 11.9 Å². The summed E-state index contributed by atoms with van der Waals surface area (Å²) in [5, 5.41) is 8.84. The minimum absolute atomic E-state index is 0.294. The smallest absolute Gasteiger partial charge is 0.339 e. The molecular formula is C18H19NO4. The van der Waals surface area contributed by atoms with Crippen molar-refractivity contribution in [2.24, 2.45) is 0 Å². The maximum atomic E-state index is 12.0. The molecule has 1 heterocycles. The fourth-order valence-electron chi connectivity index (χ4n) is 2.36. The number of nitrogens with zero attached hydrogens (tertiary/aromatic N) is 1. The SMILES string of the molecule is CCOC(=O)c1cc(/C=C/C(=O)O)n(Cc2ccccc2)c1C. The molecule has 1 aromatic carbocycles. The lowest BCUT2D eigenvalue weighted by molar-refractivity contribution is -0.131. The van der Waals surface area contributed by atoms with Gasteiger partial charge in [0.25, 0.3) is 0 Å². The van der Waals surface area contributed by atoms with E-state index in [1.807, 2.05) is 41.8 Å². The van der Waals surface area contributed by atoms with Crippen LogP contribution in [0, 0.1) is 6.92 Å². The second kappa shape index (κ2) is 7.45. The summed E-state index contributed by atoms with van der Waals surface area (Å²) in [7, 11) is 0. The molecule has 0 spiro atoms. The van der Waals surface area contributed by atoms with Gasteiger partial charge in [-0.15, -0.1) is 0 Å². The Balaban J connectivity index is 2.44. The molecule has 0 aliphatic rings. The van der Waals surface area contributed by atoms with Gasteiger partial charge in [-0.25, -0.2) is 9.59 Å². The maximum Gasteiger partial charge on any atom is 0.339 e. The summed E-state index contributed by atoms with van der Waals surface area (Å²) in [5.41, 5.74) is 2.91. The van der Waals surface area contributed by atoms with E-state index in [9.17, 15) is 9.59 Å². The van der Waals surface area contributed by atoms with Crippen LogP contribution in [-0.4, -0.2) is 28.2 Å². The zero-order chi connectivity index (χ0) is 16.8. The highest BCUT2D eigenvalue weighted by molar-refractivity contribution is 5.92. The highest BCUT2D eigenvalue weighted by Gasteiger charge is 2.17. The molecule has 0 fully saturated rings. The summed E-state index contributed by atoms with van der Waals surface area (Å²) >= 11 is 0. The molecule has 0 saturated carbocycles. The molecule has 0 radical (unpaired) electrons. The van der Waals surface area contributed by atoms with E-state index in [0.717, 1.165) is 17.3 Å². The van der Waals surface area contributed by atoms with Crippen LogP contribution in [0.25, 0.3) is 6.08 Å². The molecule has 0 unspecified atom stereocenters. The van der Waals surface area contributed by atoms with Gasteiger partial charge >= 0.3 is 11.9 Å². The third-order valence-electron chi connectivity index (χ3n) is 3.47. The molecule has 0 aliphatic heterocycles. The summed E-state index contributed by atoms with van der Waals surface area (Å²) in [6.07, 6.45) is 2.55. The Kier molecular flexibility index (Phi) is 5.36. The first-order valence-corrected chi connectivity index (χ1v) is 7.35. The standard InChI is InChI=1S/C18H19NO4/c1-3-23-18(22)16-11-15(9-10-17(20)21)19(13(16)2)12-14-7-5-4-6-8-14/h4-11H,3,12H2,1-2H3,(H,20,21)/b10-9+. The Labute approximate surface area is 134 Å². The Hall–Kier alpha value is -2.82. The van der Waals surface area contributed by atoms with Crippen LogP contribution in [0.4, 0.5) is 0 Å². The van der Waals surface area contributed by atoms with Gasteiger partial charge in [-0.1, -0.05) is 30.3 Å². The number of ether oxygens (including phenoxy) is 1. The van der Waals surface area contributed by atoms with E-state index >= 15 is 0 Å². The van der Waals surface area contributed by atoms with Crippen LogP contribution in [0.1, 0.15) is 34.2 Å². The summed E-state index contributed by atoms with van der Waals surface area (Å²) in [6.45, 7) is 4.42. The number of esters is 1. The largest absolute Gasteiger partial charge is 0.478 e. The van der Waals surface area contributed by atoms with Crippen molar-refractivity contribution in [2.45, 2.75) is 20.4 Å². The number of carboxylic acids is 1. The minimum Gasteiger partial charge on any atom is -0.478 e. The number of hydrogen-bond acceptors (Lipinski definition) is 3. The van der Waals surface area contributed by atoms with Gasteiger partial charge < -0.3 is 14.4 Å². The fourth-order valence-corrected chi connectivity index (χ4v) is 2.36. The van der Waals surface area contributed by atoms with Gasteiger partial charge in [0, 0.05) is 24.0 Å². The van der Waals surface area contributed by atoms with Gasteiger partial charge in [-0.2, -0.15) is 0 Å². The predicted octanol–water partition coefficient (Wildman–Crippen LogP) is 3.12. The molecule has 1 N–H and O–H groups in total. The molecule has 0 atom stereocenters. The zero-order valence-electron chi connectivity index (χ0n) is 13.2. The molecule has 0 saturated heterocycles. The molecular weight excluding hydrogens is 294 g/mol. The third-order valence-corrected chi connectivity index (χ3v) is 3.47. The molecule has 2 aromatic rings. The van der Waals surface area contributed by atoms with Crippen LogP contribution < -0.4 is 0 Å². The lowest BCUT2D eigenvalue weighted by atomic mass is 10.2. The van der Waals surface area contributed by atoms with Crippen molar-refractivity contribution < 1.29 is 19.4 Å². The Morgan fingerprint density at radius 2 is 1.96 bits per heavy atom. The van der Waals surface area contributed by atoms with Crippen LogP contribution >= 0.6 is 0 Å². The highest BCUT2D eigenvalue weighted by Crippen LogP contribution is 2.20. The Bertz CT molecular complexity index is 729. The summed E-state index contributed by atoms with van der Waals surface area (Å²) in [5.74, 6) is -1.44. The van der Waals surface area contributed by atoms with Crippen LogP contribution in [-0.2, 0) is 16.1 Å². The van der Waals surface area contributed by atoms with Gasteiger partial charge in [0.05, 0.1) is 12.2 Å². The molecule has 2 rings (SSSR count). The third kappa shape index (κ3) is 4.10. The van der Waals surface area contributed by atoms with Crippen molar-refractivity contribution in [3.8, 4) is 0 Å². The van der Waals surface area contributed by atoms with E-state index in [1.165, 1.54) is 6.08 Å². The van der Waals surface area contributed by atoms with Crippen molar-refractivity contribution in [3.05, 3.63) is 65.0 Å². The van der Waals surface area contributed by atoms with E-state index in [0.29, 0.717) is 24.4 Å². The lowest BCUT2D eigenvalue weighted by Crippen LogP contribution is -2.08. The maximum absolute atomic E-state index is 12.0. The minimum atomic E-state index is -1.03. The van der Waals surface area contributed by atoms with Gasteiger partial charge in [0.15, 0.2) is 0 Å². The first-order chi connectivity index (χ1) is 11.0. The number of hydrogen-bond donors (Lipinski definition) is 1. The number of benzene rings is 1. The Morgan fingerprint density at radius 3 is 2.57 bits per heavy atom. The molecule has 0 amide bonds. The average molecular weight is 313 g/mol. The first-order valence-electron chi connectivity index (χ1n) is 7.35. The molecule has 0 aliphatic carbocycles. The zero-order valence-corrected chi connectivity index (χ0v) is 13.2. The first kappa shape index (κ1) is 16.5. The number of rotatable bonds is 6. The monoisotopic (exact) mass is 313 g/mol. The molecule has 5 heteroatoms. The second-order valence-electron chi connectivity index (χ2n) is 5.03. The van der Waals surface area contributed by atoms with Crippen molar-refractivity contribution >= 4 is 18.0 Å². The summed E-state index contributed by atoms with van der Waals surface area (Å²) in [4.78, 5) is 22.8. The van der Waals surface area contributed by atoms with Gasteiger partial charge in [0.2, 0.25) is 0 Å². The average Bonchev–Trinajstić information content (AvgIpc) is 2.83. The summed E-state index contributed by atoms with van der Waals surface area (Å²) in [6, 6.07) is 11.4. The van der Waals surface area contributed by atoms with Crippen LogP contribution in [0.15, 0.2) is 42.5 Å². The number of carbonyl (C=O) groups excluding carboxylic acids is 1. The highest BCUT2D eigenvalue weighted by atomic mass is 16.5. The van der Waals surface area contributed by atoms with Gasteiger partial charge in [-0.3, -0.25) is 0 Å². The van der Waals surface area contributed by atoms with E-state index in [4.69, 9.17) is 9.84 Å². The van der Waals surface area contributed by atoms with E-state index in [2.05, 4.69) is 0 Å². The molecule has 0 bridgehead atoms. The van der Waals surface area contributed by atoms with E-state index in [1.54, 1.807) is 13.0 Å². The number of aromatic nitrogens is 1. The molecule has 1 aromatic heterocycles. The molecule has 5 nitrogen and oxygen atoms in total. The van der Waals surface area contributed by atoms with E-state index in [-0.39, 0.29) is 0 Å². The molecule has 23 heavy (non-hydrogen) atoms. The topological polar surface area (TPSA) is 68.5 Å². The predicted molar refractivity (Wildman–Crippen MR) is 87.3 cm³/mol. The van der Waals surface area contributed by atoms with Gasteiger partial charge in [-0.05, 0) is 31.6 Å². The van der Waals surface area contributed by atoms with Crippen LogP contribution in [0.3, 0.4) is 0 Å². The van der Waals surface area contributed by atoms with Crippen LogP contribution in [0.5, 0.6) is 0 Å². The van der Waals surface area contributed by atoms with Crippen molar-refractivity contribution in [1.29, 1.82) is 0 Å². The Morgan fingerprint density at radius 1 is 1.26 bits per heavy atom. The second-order valence-corrected chi connectivity index (χ2v) is 5.03. The number of carboxylic acid groups (broad SMARTS) is 1. The van der Waals surface area contributed by atoms with Crippen molar-refractivity contribution in [1.82, 2.24) is 4.57 Å². The summed E-state index contributed by atoms with van der Waals surface area (Å²) < 4.78 is 6.96. The number of carbonyl (C=O) groups is 2. The van der Waals surface area contributed by atoms with Crippen molar-refractivity contribution in [3.63, 3.8) is 0 Å². The molecule has 120 valence electrons.